The Morgan fingerprint density at radius 2 is 1.71 bits per heavy atom. The van der Waals surface area contributed by atoms with E-state index >= 15 is 0 Å². The van der Waals surface area contributed by atoms with Gasteiger partial charge in [0, 0.05) is 23.8 Å². The second kappa shape index (κ2) is 13.8. The maximum atomic E-state index is 13.7. The number of esters is 1. The average Bonchev–Trinajstić information content (AvgIpc) is 2.84. The van der Waals surface area contributed by atoms with E-state index in [2.05, 4.69) is 49.1 Å². The van der Waals surface area contributed by atoms with E-state index in [9.17, 15) is 22.4 Å². The Labute approximate surface area is 244 Å². The highest BCUT2D eigenvalue weighted by molar-refractivity contribution is 7.90. The molecule has 2 aromatic rings. The van der Waals surface area contributed by atoms with Crippen molar-refractivity contribution in [1.82, 2.24) is 9.97 Å². The summed E-state index contributed by atoms with van der Waals surface area (Å²) < 4.78 is 48.4. The van der Waals surface area contributed by atoms with Crippen LogP contribution >= 0.6 is 0 Å². The molecule has 1 N–H and O–H groups in total. The molecule has 0 saturated heterocycles. The first kappa shape index (κ1) is 34.2. The number of nitrogens with zero attached hydrogens (tertiary/aromatic N) is 2. The van der Waals surface area contributed by atoms with Crippen molar-refractivity contribution < 1.29 is 31.6 Å². The number of hydrogen-bond acceptors (Lipinski definition) is 9. The molecule has 12 heteroatoms. The predicted octanol–water partition coefficient (Wildman–Crippen LogP) is 5.75. The number of carbonyl (C=O) groups excluding carboxylic acids is 2. The minimum Gasteiger partial charge on any atom is -0.469 e. The third kappa shape index (κ3) is 10.4. The standard InChI is InChI=1S/C29H42FN3O6SSi/c1-19(2)26-24(15-14-22(34)16-23(17-25(35)38-6)39-41(8,9)29(3,4)5)27(20-10-12-21(30)13-11-20)33-28(32-26)31-18-40(7,36)37/h10-15,19,23H,16-18H2,1-9H3,(H,31,32,33)/t23-/m1/s1. The number of aromatic nitrogens is 2. The van der Waals surface area contributed by atoms with Crippen LogP contribution in [-0.4, -0.2) is 63.8 Å². The quantitative estimate of drug-likeness (QED) is 0.172. The lowest BCUT2D eigenvalue weighted by atomic mass is 9.97. The summed E-state index contributed by atoms with van der Waals surface area (Å²) in [6, 6.07) is 5.70. The zero-order valence-corrected chi connectivity index (χ0v) is 27.2. The molecule has 2 rings (SSSR count). The van der Waals surface area contributed by atoms with Crippen LogP contribution < -0.4 is 5.32 Å². The molecular weight excluding hydrogens is 565 g/mol. The summed E-state index contributed by atoms with van der Waals surface area (Å²) in [4.78, 5) is 34.4. The van der Waals surface area contributed by atoms with Gasteiger partial charge in [0.25, 0.3) is 0 Å². The molecule has 0 bridgehead atoms. The summed E-state index contributed by atoms with van der Waals surface area (Å²) in [7, 11) is -4.35. The highest BCUT2D eigenvalue weighted by Crippen LogP contribution is 2.38. The molecule has 9 nitrogen and oxygen atoms in total. The topological polar surface area (TPSA) is 125 Å². The van der Waals surface area contributed by atoms with E-state index in [0.29, 0.717) is 22.5 Å². The molecule has 0 aliphatic heterocycles. The molecule has 1 aromatic heterocycles. The highest BCUT2D eigenvalue weighted by atomic mass is 32.2. The van der Waals surface area contributed by atoms with Crippen LogP contribution in [0.4, 0.5) is 10.3 Å². The van der Waals surface area contributed by atoms with Crippen molar-refractivity contribution in [2.75, 3.05) is 24.6 Å². The molecule has 0 aliphatic rings. The van der Waals surface area contributed by atoms with Crippen LogP contribution in [0, 0.1) is 5.82 Å². The molecule has 0 saturated carbocycles. The zero-order chi connectivity index (χ0) is 31.2. The number of methoxy groups -OCH3 is 1. The van der Waals surface area contributed by atoms with Crippen LogP contribution in [0.15, 0.2) is 30.3 Å². The van der Waals surface area contributed by atoms with Crippen molar-refractivity contribution in [3.8, 4) is 11.3 Å². The van der Waals surface area contributed by atoms with Gasteiger partial charge in [-0.15, -0.1) is 0 Å². The number of benzene rings is 1. The number of sulfone groups is 1. The molecule has 1 atom stereocenters. The van der Waals surface area contributed by atoms with Crippen molar-refractivity contribution >= 4 is 41.9 Å². The number of anilines is 1. The van der Waals surface area contributed by atoms with Crippen LogP contribution in [-0.2, 0) is 28.6 Å². The van der Waals surface area contributed by atoms with Crippen molar-refractivity contribution in [3.05, 3.63) is 47.4 Å². The molecule has 0 aliphatic carbocycles. The number of nitrogens with one attached hydrogen (secondary N) is 1. The van der Waals surface area contributed by atoms with Gasteiger partial charge in [-0.1, -0.05) is 34.6 Å². The summed E-state index contributed by atoms with van der Waals surface area (Å²) in [6.07, 6.45) is 3.37. The van der Waals surface area contributed by atoms with Crippen molar-refractivity contribution in [2.24, 2.45) is 0 Å². The van der Waals surface area contributed by atoms with Gasteiger partial charge in [-0.2, -0.15) is 0 Å². The highest BCUT2D eigenvalue weighted by Gasteiger charge is 2.40. The second-order valence-corrected chi connectivity index (χ2v) is 18.8. The van der Waals surface area contributed by atoms with Gasteiger partial charge < -0.3 is 14.5 Å². The van der Waals surface area contributed by atoms with Crippen LogP contribution in [0.3, 0.4) is 0 Å². The van der Waals surface area contributed by atoms with Crippen LogP contribution in [0.1, 0.15) is 64.6 Å². The van der Waals surface area contributed by atoms with Crippen LogP contribution in [0.2, 0.25) is 18.1 Å². The molecule has 0 unspecified atom stereocenters. The van der Waals surface area contributed by atoms with E-state index < -0.39 is 36.0 Å². The summed E-state index contributed by atoms with van der Waals surface area (Å²) in [5, 5.41) is 2.62. The Morgan fingerprint density at radius 1 is 1.10 bits per heavy atom. The normalized spacial score (nSPS) is 13.4. The predicted molar refractivity (Wildman–Crippen MR) is 162 cm³/mol. The van der Waals surface area contributed by atoms with E-state index in [1.54, 1.807) is 18.2 Å². The number of hydrogen-bond donors (Lipinski definition) is 1. The van der Waals surface area contributed by atoms with Crippen LogP contribution in [0.25, 0.3) is 17.3 Å². The number of halogens is 1. The number of rotatable bonds is 13. The number of allylic oxidation sites excluding steroid dienone is 1. The molecule has 0 amide bonds. The van der Waals surface area contributed by atoms with E-state index in [0.717, 1.165) is 6.26 Å². The van der Waals surface area contributed by atoms with Crippen molar-refractivity contribution in [3.63, 3.8) is 0 Å². The fourth-order valence-corrected chi connectivity index (χ4v) is 5.43. The van der Waals surface area contributed by atoms with E-state index in [4.69, 9.17) is 9.16 Å². The van der Waals surface area contributed by atoms with Gasteiger partial charge in [0.2, 0.25) is 5.95 Å². The van der Waals surface area contributed by atoms with Gasteiger partial charge in [-0.25, -0.2) is 22.8 Å². The smallest absolute Gasteiger partial charge is 0.308 e. The molecule has 1 heterocycles. The molecule has 1 aromatic carbocycles. The maximum Gasteiger partial charge on any atom is 0.308 e. The van der Waals surface area contributed by atoms with Gasteiger partial charge >= 0.3 is 5.97 Å². The maximum absolute atomic E-state index is 13.7. The largest absolute Gasteiger partial charge is 0.469 e. The second-order valence-electron chi connectivity index (χ2n) is 11.9. The van der Waals surface area contributed by atoms with Gasteiger partial charge in [0.1, 0.15) is 11.7 Å². The number of ketones is 1. The monoisotopic (exact) mass is 607 g/mol. The van der Waals surface area contributed by atoms with Gasteiger partial charge in [0.15, 0.2) is 23.9 Å². The van der Waals surface area contributed by atoms with E-state index in [1.807, 2.05) is 13.8 Å². The first-order chi connectivity index (χ1) is 18.8. The minimum atomic E-state index is -3.36. The SMILES string of the molecule is COC(=O)C[C@@H](CC(=O)C=Cc1c(-c2ccc(F)cc2)nc(NCS(C)(=O)=O)nc1C(C)C)O[Si](C)(C)C(C)(C)C. The lowest BCUT2D eigenvalue weighted by molar-refractivity contribution is -0.142. The fourth-order valence-electron chi connectivity index (χ4n) is 3.68. The lowest BCUT2D eigenvalue weighted by Crippen LogP contribution is -2.44. The van der Waals surface area contributed by atoms with Gasteiger partial charge in [-0.05, 0) is 60.5 Å². The number of ether oxygens (including phenoxy) is 1. The summed E-state index contributed by atoms with van der Waals surface area (Å²) in [6.45, 7) is 14.2. The Kier molecular flexibility index (Phi) is 11.5. The average molecular weight is 608 g/mol. The third-order valence-corrected chi connectivity index (χ3v) is 12.1. The molecular formula is C29H42FN3O6SSi. The Morgan fingerprint density at radius 3 is 2.22 bits per heavy atom. The Bertz CT molecular complexity index is 1370. The van der Waals surface area contributed by atoms with Crippen molar-refractivity contribution in [2.45, 2.75) is 77.6 Å². The minimum absolute atomic E-state index is 0.0319. The first-order valence-corrected chi connectivity index (χ1v) is 18.3. The molecule has 0 radical (unpaired) electrons. The third-order valence-electron chi connectivity index (χ3n) is 6.89. The fraction of sp³-hybridized carbons (Fsp3) is 0.517. The van der Waals surface area contributed by atoms with Gasteiger partial charge in [0.05, 0.1) is 31.0 Å². The Hall–Kier alpha value is -2.96. The molecule has 226 valence electrons. The summed E-state index contributed by atoms with van der Waals surface area (Å²) in [5.74, 6) is -1.54. The molecule has 0 spiro atoms. The van der Waals surface area contributed by atoms with E-state index in [-0.39, 0.29) is 41.4 Å². The number of carbonyl (C=O) groups is 2. The van der Waals surface area contributed by atoms with Gasteiger partial charge in [-0.3, -0.25) is 9.59 Å². The summed E-state index contributed by atoms with van der Waals surface area (Å²) >= 11 is 0. The lowest BCUT2D eigenvalue weighted by Gasteiger charge is -2.39. The molecule has 41 heavy (non-hydrogen) atoms. The zero-order valence-electron chi connectivity index (χ0n) is 25.4. The van der Waals surface area contributed by atoms with E-state index in [1.165, 1.54) is 25.3 Å². The summed E-state index contributed by atoms with van der Waals surface area (Å²) in [5.41, 5.74) is 2.09. The Balaban J connectivity index is 2.52. The first-order valence-electron chi connectivity index (χ1n) is 13.4. The molecule has 0 fully saturated rings. The van der Waals surface area contributed by atoms with Crippen LogP contribution in [0.5, 0.6) is 0 Å². The van der Waals surface area contributed by atoms with Crippen molar-refractivity contribution in [1.29, 1.82) is 0 Å².